The summed E-state index contributed by atoms with van der Waals surface area (Å²) in [5, 5.41) is 0.404. The molecule has 0 bridgehead atoms. The highest BCUT2D eigenvalue weighted by Gasteiger charge is 2.32. The lowest BCUT2D eigenvalue weighted by Crippen LogP contribution is -2.54. The summed E-state index contributed by atoms with van der Waals surface area (Å²) in [5.41, 5.74) is -0.769. The van der Waals surface area contributed by atoms with Gasteiger partial charge in [-0.3, -0.25) is 0 Å². The number of ether oxygens (including phenoxy) is 2. The van der Waals surface area contributed by atoms with E-state index in [-0.39, 0.29) is 39.6 Å². The highest BCUT2D eigenvalue weighted by Crippen LogP contribution is 2.42. The summed E-state index contributed by atoms with van der Waals surface area (Å²) in [5.74, 6) is -0.782. The van der Waals surface area contributed by atoms with Crippen LogP contribution in [0.2, 0.25) is 5.02 Å². The fraction of sp³-hybridized carbons (Fsp3) is 0.400. The Labute approximate surface area is 207 Å². The van der Waals surface area contributed by atoms with Crippen molar-refractivity contribution in [1.29, 1.82) is 0 Å². The van der Waals surface area contributed by atoms with E-state index in [0.717, 1.165) is 0 Å². The average molecular weight is 505 g/mol. The summed E-state index contributed by atoms with van der Waals surface area (Å²) < 4.78 is 41.3. The second kappa shape index (κ2) is 9.45. The van der Waals surface area contributed by atoms with Crippen LogP contribution >= 0.6 is 11.6 Å². The van der Waals surface area contributed by atoms with Gasteiger partial charge in [0.2, 0.25) is 0 Å². The molecular weight excluding hydrogens is 478 g/mol. The first-order chi connectivity index (χ1) is 16.5. The standard InChI is InChI=1S/C25H27ClF2N4O3/c1-14-12-31(24(33)35-25(2,3)4)9-10-32(14)23-15-11-16(26)19(21(28)22(15)29-13-30-23)20-17(27)7-6-8-18(20)34-5/h6-8,11,13-14H,9-10,12H2,1-5H3/t14-/m0/s1. The number of benzene rings is 2. The van der Waals surface area contributed by atoms with Gasteiger partial charge < -0.3 is 19.3 Å². The first-order valence-electron chi connectivity index (χ1n) is 11.2. The smallest absolute Gasteiger partial charge is 0.410 e. The van der Waals surface area contributed by atoms with Crippen molar-refractivity contribution in [3.63, 3.8) is 0 Å². The van der Waals surface area contributed by atoms with Crippen molar-refractivity contribution in [3.05, 3.63) is 47.2 Å². The summed E-state index contributed by atoms with van der Waals surface area (Å²) in [6, 6.07) is 5.64. The van der Waals surface area contributed by atoms with Gasteiger partial charge in [-0.2, -0.15) is 0 Å². The first-order valence-corrected chi connectivity index (χ1v) is 11.6. The average Bonchev–Trinajstić information content (AvgIpc) is 2.78. The minimum atomic E-state index is -0.764. The largest absolute Gasteiger partial charge is 0.496 e. The summed E-state index contributed by atoms with van der Waals surface area (Å²) in [4.78, 5) is 24.7. The van der Waals surface area contributed by atoms with Crippen molar-refractivity contribution in [2.45, 2.75) is 39.3 Å². The molecule has 1 amide bonds. The summed E-state index contributed by atoms with van der Waals surface area (Å²) in [6.45, 7) is 8.67. The lowest BCUT2D eigenvalue weighted by Gasteiger charge is -2.41. The molecule has 1 aliphatic heterocycles. The number of rotatable bonds is 3. The molecular formula is C25H27ClF2N4O3. The number of carbonyl (C=O) groups is 1. The highest BCUT2D eigenvalue weighted by atomic mass is 35.5. The predicted octanol–water partition coefficient (Wildman–Crippen LogP) is 5.68. The van der Waals surface area contributed by atoms with Crippen LogP contribution in [0.4, 0.5) is 19.4 Å². The molecule has 1 saturated heterocycles. The Kier molecular flexibility index (Phi) is 6.73. The maximum absolute atomic E-state index is 15.8. The van der Waals surface area contributed by atoms with Crippen LogP contribution in [0.15, 0.2) is 30.6 Å². The van der Waals surface area contributed by atoms with Crippen molar-refractivity contribution in [2.75, 3.05) is 31.6 Å². The Morgan fingerprint density at radius 1 is 1.17 bits per heavy atom. The molecule has 2 aromatic carbocycles. The van der Waals surface area contributed by atoms with Crippen molar-refractivity contribution < 1.29 is 23.0 Å². The van der Waals surface area contributed by atoms with Crippen LogP contribution in [-0.4, -0.2) is 59.3 Å². The quantitative estimate of drug-likeness (QED) is 0.457. The Hall–Kier alpha value is -3.20. The van der Waals surface area contributed by atoms with Gasteiger partial charge in [0.25, 0.3) is 0 Å². The summed E-state index contributed by atoms with van der Waals surface area (Å²) >= 11 is 6.51. The molecule has 0 saturated carbocycles. The summed E-state index contributed by atoms with van der Waals surface area (Å²) in [7, 11) is 1.38. The maximum atomic E-state index is 15.8. The molecule has 3 aromatic rings. The summed E-state index contributed by atoms with van der Waals surface area (Å²) in [6.07, 6.45) is 0.887. The first kappa shape index (κ1) is 24.9. The van der Waals surface area contributed by atoms with E-state index in [2.05, 4.69) is 9.97 Å². The number of anilines is 1. The number of aromatic nitrogens is 2. The van der Waals surface area contributed by atoms with Crippen molar-refractivity contribution in [3.8, 4) is 16.9 Å². The van der Waals surface area contributed by atoms with E-state index < -0.39 is 17.2 Å². The van der Waals surface area contributed by atoms with E-state index in [1.165, 1.54) is 31.6 Å². The molecule has 1 aromatic heterocycles. The molecule has 10 heteroatoms. The molecule has 0 radical (unpaired) electrons. The molecule has 0 aliphatic carbocycles. The van der Waals surface area contributed by atoms with Crippen LogP contribution in [0.1, 0.15) is 27.7 Å². The molecule has 0 spiro atoms. The van der Waals surface area contributed by atoms with Crippen LogP contribution in [0, 0.1) is 11.6 Å². The minimum Gasteiger partial charge on any atom is -0.496 e. The number of piperazine rings is 1. The van der Waals surface area contributed by atoms with Gasteiger partial charge in [0.15, 0.2) is 5.82 Å². The molecule has 0 N–H and O–H groups in total. The highest BCUT2D eigenvalue weighted by molar-refractivity contribution is 6.34. The molecule has 35 heavy (non-hydrogen) atoms. The lowest BCUT2D eigenvalue weighted by molar-refractivity contribution is 0.0218. The topological polar surface area (TPSA) is 67.8 Å². The van der Waals surface area contributed by atoms with Gasteiger partial charge >= 0.3 is 6.09 Å². The number of fused-ring (bicyclic) bond motifs is 1. The Morgan fingerprint density at radius 2 is 1.91 bits per heavy atom. The van der Waals surface area contributed by atoms with E-state index >= 15 is 4.39 Å². The molecule has 0 unspecified atom stereocenters. The fourth-order valence-corrected chi connectivity index (χ4v) is 4.54. The maximum Gasteiger partial charge on any atom is 0.410 e. The van der Waals surface area contributed by atoms with Crippen LogP contribution in [0.25, 0.3) is 22.0 Å². The number of hydrogen-bond donors (Lipinski definition) is 0. The second-order valence-corrected chi connectivity index (χ2v) is 9.83. The lowest BCUT2D eigenvalue weighted by atomic mass is 10.0. The second-order valence-electron chi connectivity index (χ2n) is 9.43. The molecule has 1 fully saturated rings. The van der Waals surface area contributed by atoms with Crippen LogP contribution in [0.5, 0.6) is 5.75 Å². The van der Waals surface area contributed by atoms with E-state index in [9.17, 15) is 9.18 Å². The van der Waals surface area contributed by atoms with E-state index in [4.69, 9.17) is 21.1 Å². The SMILES string of the molecule is COc1cccc(F)c1-c1c(Cl)cc2c(N3CCN(C(=O)OC(C)(C)C)C[C@@H]3C)ncnc2c1F. The molecule has 2 heterocycles. The molecule has 4 rings (SSSR count). The normalized spacial score (nSPS) is 16.5. The molecule has 1 aliphatic rings. The third-order valence-electron chi connectivity index (χ3n) is 5.80. The van der Waals surface area contributed by atoms with E-state index in [1.54, 1.807) is 11.0 Å². The van der Waals surface area contributed by atoms with Gasteiger partial charge in [0.1, 0.15) is 34.8 Å². The third-order valence-corrected chi connectivity index (χ3v) is 6.09. The number of halogens is 3. The Bertz CT molecular complexity index is 1280. The van der Waals surface area contributed by atoms with Crippen LogP contribution < -0.4 is 9.64 Å². The van der Waals surface area contributed by atoms with Crippen LogP contribution in [-0.2, 0) is 4.74 Å². The van der Waals surface area contributed by atoms with Gasteiger partial charge in [-0.05, 0) is 45.9 Å². The Balaban J connectivity index is 1.72. The van der Waals surface area contributed by atoms with Crippen molar-refractivity contribution in [1.82, 2.24) is 14.9 Å². The zero-order chi connectivity index (χ0) is 25.5. The molecule has 186 valence electrons. The number of methoxy groups -OCH3 is 1. The van der Waals surface area contributed by atoms with E-state index in [0.29, 0.717) is 30.8 Å². The van der Waals surface area contributed by atoms with Gasteiger partial charge in [-0.1, -0.05) is 17.7 Å². The number of hydrogen-bond acceptors (Lipinski definition) is 6. The number of amides is 1. The van der Waals surface area contributed by atoms with Gasteiger partial charge in [-0.15, -0.1) is 0 Å². The number of carbonyl (C=O) groups excluding carboxylic acids is 1. The molecule has 1 atom stereocenters. The van der Waals surface area contributed by atoms with Crippen molar-refractivity contribution >= 4 is 34.4 Å². The zero-order valence-electron chi connectivity index (χ0n) is 20.2. The third kappa shape index (κ3) is 4.82. The van der Waals surface area contributed by atoms with Crippen LogP contribution in [0.3, 0.4) is 0 Å². The van der Waals surface area contributed by atoms with Crippen molar-refractivity contribution in [2.24, 2.45) is 0 Å². The van der Waals surface area contributed by atoms with Gasteiger partial charge in [0, 0.05) is 36.6 Å². The fourth-order valence-electron chi connectivity index (χ4n) is 4.26. The monoisotopic (exact) mass is 504 g/mol. The van der Waals surface area contributed by atoms with Gasteiger partial charge in [-0.25, -0.2) is 23.5 Å². The van der Waals surface area contributed by atoms with Gasteiger partial charge in [0.05, 0.1) is 17.7 Å². The number of nitrogens with zero attached hydrogens (tertiary/aromatic N) is 4. The van der Waals surface area contributed by atoms with E-state index in [1.807, 2.05) is 32.6 Å². The minimum absolute atomic E-state index is 0.00879. The molecule has 7 nitrogen and oxygen atoms in total. The zero-order valence-corrected chi connectivity index (χ0v) is 21.0. The predicted molar refractivity (Wildman–Crippen MR) is 131 cm³/mol. The Morgan fingerprint density at radius 3 is 2.57 bits per heavy atom.